The van der Waals surface area contributed by atoms with Gasteiger partial charge in [-0.1, -0.05) is 11.6 Å². The zero-order valence-corrected chi connectivity index (χ0v) is 11.6. The number of halogens is 1. The monoisotopic (exact) mass is 300 g/mol. The SMILES string of the molecule is CC(C)(CC(=O)O)NC(=O)c1ccc([N+](=O)[O-])c(Cl)c1. The van der Waals surface area contributed by atoms with E-state index in [1.807, 2.05) is 0 Å². The molecule has 0 saturated heterocycles. The van der Waals surface area contributed by atoms with Gasteiger partial charge in [0.2, 0.25) is 0 Å². The van der Waals surface area contributed by atoms with Crippen molar-refractivity contribution >= 4 is 29.2 Å². The number of carboxylic acid groups (broad SMARTS) is 1. The molecular weight excluding hydrogens is 288 g/mol. The molecule has 0 radical (unpaired) electrons. The number of carbonyl (C=O) groups excluding carboxylic acids is 1. The highest BCUT2D eigenvalue weighted by atomic mass is 35.5. The summed E-state index contributed by atoms with van der Waals surface area (Å²) >= 11 is 5.71. The van der Waals surface area contributed by atoms with E-state index in [2.05, 4.69) is 5.32 Å². The third-order valence-corrected chi connectivity index (χ3v) is 2.75. The predicted molar refractivity (Wildman–Crippen MR) is 71.9 cm³/mol. The molecule has 7 nitrogen and oxygen atoms in total. The van der Waals surface area contributed by atoms with Crippen LogP contribution in [-0.2, 0) is 4.79 Å². The van der Waals surface area contributed by atoms with Crippen molar-refractivity contribution in [3.8, 4) is 0 Å². The van der Waals surface area contributed by atoms with Crippen molar-refractivity contribution in [2.45, 2.75) is 25.8 Å². The summed E-state index contributed by atoms with van der Waals surface area (Å²) in [6.45, 7) is 3.12. The van der Waals surface area contributed by atoms with Crippen molar-refractivity contribution in [2.75, 3.05) is 0 Å². The Morgan fingerprint density at radius 3 is 2.50 bits per heavy atom. The minimum absolute atomic E-state index is 0.124. The maximum atomic E-state index is 11.9. The Hall–Kier alpha value is -2.15. The third-order valence-electron chi connectivity index (χ3n) is 2.45. The van der Waals surface area contributed by atoms with Crippen LogP contribution in [0.4, 0.5) is 5.69 Å². The van der Waals surface area contributed by atoms with E-state index in [9.17, 15) is 19.7 Å². The number of benzene rings is 1. The minimum atomic E-state index is -1.04. The lowest BCUT2D eigenvalue weighted by atomic mass is 10.00. The number of nitrogens with one attached hydrogen (secondary N) is 1. The summed E-state index contributed by atoms with van der Waals surface area (Å²) in [5, 5.41) is 21.7. The maximum absolute atomic E-state index is 11.9. The van der Waals surface area contributed by atoms with E-state index >= 15 is 0 Å². The molecule has 0 aliphatic rings. The molecule has 0 saturated carbocycles. The Bertz CT molecular complexity index is 571. The second-order valence-corrected chi connectivity index (χ2v) is 5.24. The van der Waals surface area contributed by atoms with Gasteiger partial charge in [-0.3, -0.25) is 19.7 Å². The maximum Gasteiger partial charge on any atom is 0.305 e. The van der Waals surface area contributed by atoms with Crippen LogP contribution in [0.1, 0.15) is 30.6 Å². The van der Waals surface area contributed by atoms with E-state index in [0.29, 0.717) is 0 Å². The third kappa shape index (κ3) is 4.20. The number of rotatable bonds is 5. The summed E-state index contributed by atoms with van der Waals surface area (Å²) < 4.78 is 0. The molecule has 1 amide bonds. The van der Waals surface area contributed by atoms with Crippen LogP contribution in [0.25, 0.3) is 0 Å². The van der Waals surface area contributed by atoms with Gasteiger partial charge in [-0.25, -0.2) is 0 Å². The first-order valence-electron chi connectivity index (χ1n) is 5.60. The molecule has 8 heteroatoms. The van der Waals surface area contributed by atoms with E-state index < -0.39 is 22.3 Å². The molecule has 0 heterocycles. The summed E-state index contributed by atoms with van der Waals surface area (Å²) in [6, 6.07) is 3.56. The van der Waals surface area contributed by atoms with Gasteiger partial charge < -0.3 is 10.4 Å². The number of amides is 1. The molecule has 0 bridgehead atoms. The quantitative estimate of drug-likeness (QED) is 0.640. The lowest BCUT2D eigenvalue weighted by molar-refractivity contribution is -0.384. The highest BCUT2D eigenvalue weighted by Gasteiger charge is 2.25. The highest BCUT2D eigenvalue weighted by molar-refractivity contribution is 6.33. The van der Waals surface area contributed by atoms with Crippen LogP contribution in [-0.4, -0.2) is 27.4 Å². The molecule has 20 heavy (non-hydrogen) atoms. The molecule has 1 rings (SSSR count). The van der Waals surface area contributed by atoms with Gasteiger partial charge in [0.1, 0.15) is 5.02 Å². The number of nitro benzene ring substituents is 1. The summed E-state index contributed by atoms with van der Waals surface area (Å²) in [5.74, 6) is -1.59. The molecule has 1 aromatic carbocycles. The van der Waals surface area contributed by atoms with Gasteiger partial charge in [-0.05, 0) is 26.0 Å². The fraction of sp³-hybridized carbons (Fsp3) is 0.333. The number of nitro groups is 1. The van der Waals surface area contributed by atoms with Crippen LogP contribution in [0.5, 0.6) is 0 Å². The molecular formula is C12H13ClN2O5. The molecule has 1 aromatic rings. The number of aliphatic carboxylic acids is 1. The first-order valence-corrected chi connectivity index (χ1v) is 5.98. The van der Waals surface area contributed by atoms with Crippen molar-refractivity contribution in [2.24, 2.45) is 0 Å². The Balaban J connectivity index is 2.91. The van der Waals surface area contributed by atoms with Gasteiger partial charge in [0, 0.05) is 17.2 Å². The molecule has 2 N–H and O–H groups in total. The van der Waals surface area contributed by atoms with Crippen LogP contribution < -0.4 is 5.32 Å². The van der Waals surface area contributed by atoms with Gasteiger partial charge in [0.25, 0.3) is 11.6 Å². The smallest absolute Gasteiger partial charge is 0.305 e. The molecule has 0 aliphatic carbocycles. The second kappa shape index (κ2) is 5.87. The zero-order valence-electron chi connectivity index (χ0n) is 10.8. The van der Waals surface area contributed by atoms with Crippen LogP contribution in [0, 0.1) is 10.1 Å². The first-order chi connectivity index (χ1) is 9.12. The number of nitrogens with zero attached hydrogens (tertiary/aromatic N) is 1. The van der Waals surface area contributed by atoms with Gasteiger partial charge in [0.15, 0.2) is 0 Å². The normalized spacial score (nSPS) is 10.9. The second-order valence-electron chi connectivity index (χ2n) is 4.83. The van der Waals surface area contributed by atoms with E-state index in [1.54, 1.807) is 13.8 Å². The predicted octanol–water partition coefficient (Wildman–Crippen LogP) is 2.23. The molecule has 108 valence electrons. The van der Waals surface area contributed by atoms with Crippen LogP contribution in [0.2, 0.25) is 5.02 Å². The lowest BCUT2D eigenvalue weighted by Gasteiger charge is -2.24. The minimum Gasteiger partial charge on any atom is -0.481 e. The Morgan fingerprint density at radius 2 is 2.05 bits per heavy atom. The van der Waals surface area contributed by atoms with Gasteiger partial charge >= 0.3 is 5.97 Å². The fourth-order valence-corrected chi connectivity index (χ4v) is 1.85. The summed E-state index contributed by atoms with van der Waals surface area (Å²) in [5.41, 5.74) is -1.12. The van der Waals surface area contributed by atoms with Gasteiger partial charge in [0.05, 0.1) is 11.3 Å². The van der Waals surface area contributed by atoms with Crippen molar-refractivity contribution in [3.63, 3.8) is 0 Å². The lowest BCUT2D eigenvalue weighted by Crippen LogP contribution is -2.44. The number of carboxylic acids is 1. The molecule has 0 unspecified atom stereocenters. The molecule has 0 aliphatic heterocycles. The zero-order chi connectivity index (χ0) is 15.5. The molecule has 0 atom stereocenters. The Kier molecular flexibility index (Phi) is 4.67. The fourth-order valence-electron chi connectivity index (χ4n) is 1.60. The average molecular weight is 301 g/mol. The highest BCUT2D eigenvalue weighted by Crippen LogP contribution is 2.25. The largest absolute Gasteiger partial charge is 0.481 e. The van der Waals surface area contributed by atoms with Crippen LogP contribution in [0.3, 0.4) is 0 Å². The average Bonchev–Trinajstić information content (AvgIpc) is 2.25. The van der Waals surface area contributed by atoms with E-state index in [-0.39, 0.29) is 22.7 Å². The topological polar surface area (TPSA) is 110 Å². The van der Waals surface area contributed by atoms with E-state index in [4.69, 9.17) is 16.7 Å². The van der Waals surface area contributed by atoms with Gasteiger partial charge in [-0.2, -0.15) is 0 Å². The Labute approximate surface area is 119 Å². The van der Waals surface area contributed by atoms with E-state index in [1.165, 1.54) is 12.1 Å². The number of carbonyl (C=O) groups is 2. The van der Waals surface area contributed by atoms with Crippen molar-refractivity contribution < 1.29 is 19.6 Å². The van der Waals surface area contributed by atoms with Gasteiger partial charge in [-0.15, -0.1) is 0 Å². The van der Waals surface area contributed by atoms with Crippen molar-refractivity contribution in [3.05, 3.63) is 38.9 Å². The molecule has 0 spiro atoms. The number of hydrogen-bond donors (Lipinski definition) is 2. The standard InChI is InChI=1S/C12H13ClN2O5/c1-12(2,6-10(16)17)14-11(18)7-3-4-9(15(19)20)8(13)5-7/h3-5H,6H2,1-2H3,(H,14,18)(H,16,17). The summed E-state index contributed by atoms with van der Waals surface area (Å²) in [6.07, 6.45) is -0.251. The van der Waals surface area contributed by atoms with Crippen LogP contribution in [0.15, 0.2) is 18.2 Å². The van der Waals surface area contributed by atoms with E-state index in [0.717, 1.165) is 6.07 Å². The molecule has 0 aromatic heterocycles. The van der Waals surface area contributed by atoms with Crippen LogP contribution >= 0.6 is 11.6 Å². The Morgan fingerprint density at radius 1 is 1.45 bits per heavy atom. The number of hydrogen-bond acceptors (Lipinski definition) is 4. The first kappa shape index (κ1) is 15.9. The van der Waals surface area contributed by atoms with Crippen molar-refractivity contribution in [1.82, 2.24) is 5.32 Å². The van der Waals surface area contributed by atoms with Crippen molar-refractivity contribution in [1.29, 1.82) is 0 Å². The summed E-state index contributed by atoms with van der Waals surface area (Å²) in [7, 11) is 0. The summed E-state index contributed by atoms with van der Waals surface area (Å²) in [4.78, 5) is 32.6. The molecule has 0 fully saturated rings.